The first kappa shape index (κ1) is 11.7. The standard InChI is InChI=1S/C8H8.2ClH.Pt/c1-2-4-6-8-7-5-3-1;;;/h1-8H;2*1H;/q;;;+2/p-2/b2-1-,8-7-;;;. The quantitative estimate of drug-likeness (QED) is 0.614. The molecule has 0 saturated heterocycles. The van der Waals surface area contributed by atoms with Crippen molar-refractivity contribution in [1.29, 1.82) is 0 Å². The number of allylic oxidation sites excluding steroid dienone is 4. The van der Waals surface area contributed by atoms with Gasteiger partial charge in [0.1, 0.15) is 0 Å². The summed E-state index contributed by atoms with van der Waals surface area (Å²) in [4.78, 5) is 0. The molecule has 64 valence electrons. The van der Waals surface area contributed by atoms with Crippen LogP contribution in [0.4, 0.5) is 0 Å². The van der Waals surface area contributed by atoms with Gasteiger partial charge in [-0.1, -0.05) is 24.3 Å². The van der Waals surface area contributed by atoms with Gasteiger partial charge in [-0.05, 0) is 25.7 Å². The monoisotopic (exact) mass is 369 g/mol. The van der Waals surface area contributed by atoms with E-state index in [4.69, 9.17) is 18.8 Å². The number of hydrogen-bond donors (Lipinski definition) is 0. The Kier molecular flexibility index (Phi) is 11.5. The molecule has 1 aliphatic carbocycles. The predicted molar refractivity (Wildman–Crippen MR) is 47.2 cm³/mol. The second-order valence-electron chi connectivity index (χ2n) is 1.58. The molecule has 0 saturated carbocycles. The van der Waals surface area contributed by atoms with Gasteiger partial charge >= 0.3 is 35.3 Å². The van der Waals surface area contributed by atoms with Gasteiger partial charge in [-0.2, -0.15) is 0 Å². The second kappa shape index (κ2) is 10.7. The molecule has 0 aromatic carbocycles. The molecule has 0 heterocycles. The second-order valence-corrected chi connectivity index (χ2v) is 4.87. The van der Waals surface area contributed by atoms with Crippen molar-refractivity contribution < 1.29 is 16.5 Å². The van der Waals surface area contributed by atoms with Crippen LogP contribution in [0.5, 0.6) is 0 Å². The van der Waals surface area contributed by atoms with Crippen molar-refractivity contribution in [2.24, 2.45) is 0 Å². The summed E-state index contributed by atoms with van der Waals surface area (Å²) in [5.74, 6) is 0. The Morgan fingerprint density at radius 1 is 0.636 bits per heavy atom. The summed E-state index contributed by atoms with van der Waals surface area (Å²) in [6.45, 7) is 0. The van der Waals surface area contributed by atoms with Crippen molar-refractivity contribution in [2.75, 3.05) is 0 Å². The maximum atomic E-state index is 4.88. The fourth-order valence-electron chi connectivity index (χ4n) is 0.513. The molecule has 0 nitrogen and oxygen atoms in total. The van der Waals surface area contributed by atoms with E-state index in [0.717, 1.165) is 0 Å². The van der Waals surface area contributed by atoms with E-state index < -0.39 is 16.5 Å². The molecule has 11 heavy (non-hydrogen) atoms. The Labute approximate surface area is 85.0 Å². The van der Waals surface area contributed by atoms with E-state index in [1.807, 2.05) is 50.0 Å². The van der Waals surface area contributed by atoms with Crippen LogP contribution >= 0.6 is 18.8 Å². The summed E-state index contributed by atoms with van der Waals surface area (Å²) in [5, 5.41) is 0. The topological polar surface area (TPSA) is 0 Å². The van der Waals surface area contributed by atoms with Gasteiger partial charge in [0.15, 0.2) is 0 Å². The molecule has 0 atom stereocenters. The molecular formula is C8H8Cl2Pt. The number of hydrogen-bond acceptors (Lipinski definition) is 0. The van der Waals surface area contributed by atoms with E-state index in [1.165, 1.54) is 0 Å². The van der Waals surface area contributed by atoms with E-state index in [2.05, 4.69) is 0 Å². The van der Waals surface area contributed by atoms with Crippen LogP contribution < -0.4 is 0 Å². The number of rotatable bonds is 0. The van der Waals surface area contributed by atoms with Crippen molar-refractivity contribution in [2.45, 2.75) is 0 Å². The van der Waals surface area contributed by atoms with Gasteiger partial charge in [0.05, 0.1) is 0 Å². The average molecular weight is 370 g/mol. The summed E-state index contributed by atoms with van der Waals surface area (Å²) >= 11 is -0.472. The third-order valence-electron chi connectivity index (χ3n) is 0.889. The molecule has 0 amide bonds. The fourth-order valence-corrected chi connectivity index (χ4v) is 0.513. The van der Waals surface area contributed by atoms with Gasteiger partial charge in [0, 0.05) is 0 Å². The van der Waals surface area contributed by atoms with E-state index in [0.29, 0.717) is 0 Å². The van der Waals surface area contributed by atoms with Crippen molar-refractivity contribution in [3.63, 3.8) is 0 Å². The molecule has 0 unspecified atom stereocenters. The zero-order valence-corrected chi connectivity index (χ0v) is 9.48. The SMILES string of the molecule is [CH]1[CH]/C=C\[CH][CH]/C=C\1.[Cl][Pt][Cl]. The molecular weight excluding hydrogens is 362 g/mol. The molecule has 0 spiro atoms. The minimum absolute atomic E-state index is 0.472. The van der Waals surface area contributed by atoms with Gasteiger partial charge in [-0.3, -0.25) is 0 Å². The third-order valence-corrected chi connectivity index (χ3v) is 0.889. The first-order valence-electron chi connectivity index (χ1n) is 2.91. The molecule has 3 heteroatoms. The van der Waals surface area contributed by atoms with Crippen molar-refractivity contribution >= 4 is 18.8 Å². The molecule has 0 aliphatic heterocycles. The molecule has 0 bridgehead atoms. The van der Waals surface area contributed by atoms with Crippen LogP contribution in [-0.4, -0.2) is 0 Å². The molecule has 1 aliphatic rings. The number of halogens is 2. The Morgan fingerprint density at radius 2 is 0.818 bits per heavy atom. The van der Waals surface area contributed by atoms with Crippen LogP contribution in [0.2, 0.25) is 0 Å². The molecule has 0 aromatic rings. The molecule has 0 fully saturated rings. The molecule has 4 radical (unpaired) electrons. The minimum atomic E-state index is -0.472. The Morgan fingerprint density at radius 3 is 1.00 bits per heavy atom. The van der Waals surface area contributed by atoms with Crippen LogP contribution in [-0.2, 0) is 16.5 Å². The van der Waals surface area contributed by atoms with Gasteiger partial charge in [-0.15, -0.1) is 0 Å². The van der Waals surface area contributed by atoms with E-state index in [1.54, 1.807) is 0 Å². The first-order chi connectivity index (χ1) is 5.41. The van der Waals surface area contributed by atoms with Crippen LogP contribution in [0.15, 0.2) is 24.3 Å². The van der Waals surface area contributed by atoms with E-state index in [9.17, 15) is 0 Å². The summed E-state index contributed by atoms with van der Waals surface area (Å²) in [6, 6.07) is 0. The van der Waals surface area contributed by atoms with Crippen LogP contribution in [0.25, 0.3) is 0 Å². The zero-order chi connectivity index (χ0) is 8.36. The van der Waals surface area contributed by atoms with Crippen molar-refractivity contribution in [1.82, 2.24) is 0 Å². The van der Waals surface area contributed by atoms with Crippen LogP contribution in [0, 0.1) is 25.7 Å². The molecule has 0 N–H and O–H groups in total. The van der Waals surface area contributed by atoms with E-state index >= 15 is 0 Å². The zero-order valence-electron chi connectivity index (χ0n) is 5.69. The van der Waals surface area contributed by atoms with Gasteiger partial charge in [0.2, 0.25) is 0 Å². The average Bonchev–Trinajstić information content (AvgIpc) is 1.86. The van der Waals surface area contributed by atoms with Crippen LogP contribution in [0.1, 0.15) is 0 Å². The molecule has 0 aromatic heterocycles. The maximum absolute atomic E-state index is 4.88. The van der Waals surface area contributed by atoms with Gasteiger partial charge < -0.3 is 0 Å². The first-order valence-corrected chi connectivity index (χ1v) is 8.54. The summed E-state index contributed by atoms with van der Waals surface area (Å²) in [7, 11) is 9.75. The summed E-state index contributed by atoms with van der Waals surface area (Å²) in [5.41, 5.74) is 0. The van der Waals surface area contributed by atoms with Crippen LogP contribution in [0.3, 0.4) is 0 Å². The van der Waals surface area contributed by atoms with Gasteiger partial charge in [0.25, 0.3) is 0 Å². The summed E-state index contributed by atoms with van der Waals surface area (Å²) in [6.07, 6.45) is 16.0. The normalized spacial score (nSPS) is 22.4. The fraction of sp³-hybridized carbons (Fsp3) is 0. The Bertz CT molecular complexity index is 95.3. The van der Waals surface area contributed by atoms with Crippen molar-refractivity contribution in [3.8, 4) is 0 Å². The summed E-state index contributed by atoms with van der Waals surface area (Å²) < 4.78 is 0. The molecule has 1 rings (SSSR count). The Balaban J connectivity index is 0.000000292. The van der Waals surface area contributed by atoms with E-state index in [-0.39, 0.29) is 0 Å². The van der Waals surface area contributed by atoms with Gasteiger partial charge in [-0.25, -0.2) is 0 Å². The third kappa shape index (κ3) is 10.7. The predicted octanol–water partition coefficient (Wildman–Crippen LogP) is 3.31. The Hall–Kier alpha value is 0.748. The van der Waals surface area contributed by atoms with Crippen molar-refractivity contribution in [3.05, 3.63) is 50.0 Å².